The molecule has 2 amide bonds. The van der Waals surface area contributed by atoms with Crippen LogP contribution < -0.4 is 5.32 Å². The molecule has 4 rings (SSSR count). The number of carbonyl (C=O) groups excluding carboxylic acids is 1. The number of thioether (sulfide) groups is 1. The first-order valence-corrected chi connectivity index (χ1v) is 9.70. The number of amides is 2. The number of hydrogen-bond acceptors (Lipinski definition) is 3. The van der Waals surface area contributed by atoms with Crippen molar-refractivity contribution < 1.29 is 19.1 Å². The molecule has 1 aromatic rings. The summed E-state index contributed by atoms with van der Waals surface area (Å²) in [6.07, 6.45) is 3.17. The Bertz CT molecular complexity index is 728. The van der Waals surface area contributed by atoms with Crippen LogP contribution in [-0.2, 0) is 4.79 Å². The Kier molecular flexibility index (Phi) is 4.14. The van der Waals surface area contributed by atoms with E-state index in [1.54, 1.807) is 11.0 Å². The summed E-state index contributed by atoms with van der Waals surface area (Å²) in [6.45, 7) is 0.770. The number of likely N-dealkylation sites (tertiary alicyclic amines) is 1. The molecule has 5 nitrogen and oxygen atoms in total. The molecule has 1 saturated heterocycles. The first-order valence-electron chi connectivity index (χ1n) is 8.71. The van der Waals surface area contributed by atoms with Crippen molar-refractivity contribution in [2.24, 2.45) is 11.3 Å². The van der Waals surface area contributed by atoms with E-state index in [-0.39, 0.29) is 30.4 Å². The second-order valence-electron chi connectivity index (χ2n) is 7.23. The number of nitrogens with one attached hydrogen (secondary N) is 1. The van der Waals surface area contributed by atoms with Gasteiger partial charge in [0.25, 0.3) is 0 Å². The van der Waals surface area contributed by atoms with Gasteiger partial charge in [0, 0.05) is 23.7 Å². The fourth-order valence-electron chi connectivity index (χ4n) is 4.57. The first kappa shape index (κ1) is 16.7. The lowest BCUT2D eigenvalue weighted by atomic mass is 9.81. The Morgan fingerprint density at radius 3 is 2.96 bits per heavy atom. The standard InChI is InChI=1S/C18H21FN2O3S/c19-13-5-1-4-12-14(6-8-25-15(12)13)20-17(24)21-9-11-3-2-7-18(11,10-21)16(22)23/h1,4-5,11,14H,2-3,6-10H2,(H,20,24)(H,22,23)/t11-,14?,18+/m0/s1. The van der Waals surface area contributed by atoms with Gasteiger partial charge in [-0.05, 0) is 36.8 Å². The predicted molar refractivity (Wildman–Crippen MR) is 92.0 cm³/mol. The van der Waals surface area contributed by atoms with Crippen molar-refractivity contribution >= 4 is 23.8 Å². The molecule has 0 bridgehead atoms. The van der Waals surface area contributed by atoms with Gasteiger partial charge < -0.3 is 15.3 Å². The SMILES string of the molecule is O=C(NC1CCSc2c(F)cccc21)N1C[C@@H]2CCC[C@@]2(C(=O)O)C1. The number of urea groups is 1. The fourth-order valence-corrected chi connectivity index (χ4v) is 5.71. The molecular formula is C18H21FN2O3S. The Balaban J connectivity index is 1.49. The summed E-state index contributed by atoms with van der Waals surface area (Å²) >= 11 is 1.48. The molecule has 2 fully saturated rings. The van der Waals surface area contributed by atoms with Crippen molar-refractivity contribution in [3.05, 3.63) is 29.6 Å². The van der Waals surface area contributed by atoms with Crippen molar-refractivity contribution in [2.45, 2.75) is 36.6 Å². The number of hydrogen-bond donors (Lipinski definition) is 2. The van der Waals surface area contributed by atoms with Crippen molar-refractivity contribution in [3.8, 4) is 0 Å². The minimum Gasteiger partial charge on any atom is -0.481 e. The van der Waals surface area contributed by atoms with Crippen LogP contribution in [0.2, 0.25) is 0 Å². The molecule has 3 atom stereocenters. The van der Waals surface area contributed by atoms with Gasteiger partial charge in [-0.3, -0.25) is 4.79 Å². The van der Waals surface area contributed by atoms with E-state index in [1.165, 1.54) is 17.8 Å². The molecule has 134 valence electrons. The van der Waals surface area contributed by atoms with Gasteiger partial charge in [0.05, 0.1) is 11.5 Å². The van der Waals surface area contributed by atoms with Gasteiger partial charge in [-0.25, -0.2) is 9.18 Å². The second-order valence-corrected chi connectivity index (χ2v) is 8.33. The number of benzene rings is 1. The molecule has 3 aliphatic rings. The smallest absolute Gasteiger partial charge is 0.317 e. The summed E-state index contributed by atoms with van der Waals surface area (Å²) in [4.78, 5) is 26.7. The number of nitrogens with zero attached hydrogens (tertiary/aromatic N) is 1. The van der Waals surface area contributed by atoms with Crippen molar-refractivity contribution in [2.75, 3.05) is 18.8 Å². The van der Waals surface area contributed by atoms with Gasteiger partial charge in [0.1, 0.15) is 5.82 Å². The lowest BCUT2D eigenvalue weighted by Gasteiger charge is -2.29. The summed E-state index contributed by atoms with van der Waals surface area (Å²) in [5.74, 6) is -0.239. The third kappa shape index (κ3) is 2.69. The van der Waals surface area contributed by atoms with Crippen molar-refractivity contribution in [3.63, 3.8) is 0 Å². The quantitative estimate of drug-likeness (QED) is 0.845. The summed E-state index contributed by atoms with van der Waals surface area (Å²) in [5.41, 5.74) is 0.0426. The molecule has 0 radical (unpaired) electrons. The number of aliphatic carboxylic acids is 1. The molecule has 1 unspecified atom stereocenters. The number of rotatable bonds is 2. The highest BCUT2D eigenvalue weighted by Gasteiger charge is 2.55. The maximum atomic E-state index is 14.0. The third-order valence-electron chi connectivity index (χ3n) is 5.91. The predicted octanol–water partition coefficient (Wildman–Crippen LogP) is 3.26. The van der Waals surface area contributed by atoms with Gasteiger partial charge >= 0.3 is 12.0 Å². The monoisotopic (exact) mass is 364 g/mol. The van der Waals surface area contributed by atoms with E-state index in [4.69, 9.17) is 0 Å². The van der Waals surface area contributed by atoms with E-state index in [0.717, 1.165) is 30.6 Å². The average molecular weight is 364 g/mol. The maximum absolute atomic E-state index is 14.0. The van der Waals surface area contributed by atoms with Crippen molar-refractivity contribution in [1.29, 1.82) is 0 Å². The highest BCUT2D eigenvalue weighted by Crippen LogP contribution is 2.49. The lowest BCUT2D eigenvalue weighted by Crippen LogP contribution is -2.43. The van der Waals surface area contributed by atoms with Crippen LogP contribution in [0, 0.1) is 17.2 Å². The maximum Gasteiger partial charge on any atom is 0.317 e. The van der Waals surface area contributed by atoms with Crippen LogP contribution in [0.1, 0.15) is 37.3 Å². The van der Waals surface area contributed by atoms with Gasteiger partial charge in [-0.15, -0.1) is 11.8 Å². The second kappa shape index (κ2) is 6.20. The number of carbonyl (C=O) groups is 2. The summed E-state index contributed by atoms with van der Waals surface area (Å²) in [5, 5.41) is 12.7. The van der Waals surface area contributed by atoms with E-state index in [9.17, 15) is 19.1 Å². The first-order chi connectivity index (χ1) is 12.0. The van der Waals surface area contributed by atoms with Crippen LogP contribution >= 0.6 is 11.8 Å². The van der Waals surface area contributed by atoms with Crippen LogP contribution in [0.5, 0.6) is 0 Å². The zero-order valence-corrected chi connectivity index (χ0v) is 14.7. The lowest BCUT2D eigenvalue weighted by molar-refractivity contribution is -0.149. The molecule has 7 heteroatoms. The zero-order valence-electron chi connectivity index (χ0n) is 13.8. The van der Waals surface area contributed by atoms with Gasteiger partial charge in [-0.1, -0.05) is 18.6 Å². The fraction of sp³-hybridized carbons (Fsp3) is 0.556. The summed E-state index contributed by atoms with van der Waals surface area (Å²) in [6, 6.07) is 4.50. The van der Waals surface area contributed by atoms with Crippen LogP contribution in [0.3, 0.4) is 0 Å². The highest BCUT2D eigenvalue weighted by atomic mass is 32.2. The van der Waals surface area contributed by atoms with E-state index >= 15 is 0 Å². The normalized spacial score (nSPS) is 30.7. The van der Waals surface area contributed by atoms with Crippen LogP contribution in [0.4, 0.5) is 9.18 Å². The van der Waals surface area contributed by atoms with Gasteiger partial charge in [0.15, 0.2) is 0 Å². The number of carboxylic acids is 1. The molecule has 1 saturated carbocycles. The van der Waals surface area contributed by atoms with Crippen LogP contribution in [-0.4, -0.2) is 40.8 Å². The molecule has 1 aliphatic carbocycles. The van der Waals surface area contributed by atoms with E-state index in [1.807, 2.05) is 6.07 Å². The summed E-state index contributed by atoms with van der Waals surface area (Å²) in [7, 11) is 0. The molecule has 0 spiro atoms. The van der Waals surface area contributed by atoms with E-state index in [0.29, 0.717) is 17.9 Å². The Morgan fingerprint density at radius 2 is 2.20 bits per heavy atom. The topological polar surface area (TPSA) is 69.6 Å². The highest BCUT2D eigenvalue weighted by molar-refractivity contribution is 7.99. The largest absolute Gasteiger partial charge is 0.481 e. The van der Waals surface area contributed by atoms with Crippen molar-refractivity contribution in [1.82, 2.24) is 10.2 Å². The minimum atomic E-state index is -0.785. The molecule has 2 N–H and O–H groups in total. The van der Waals surface area contributed by atoms with E-state index in [2.05, 4.69) is 5.32 Å². The number of fused-ring (bicyclic) bond motifs is 2. The molecule has 2 aliphatic heterocycles. The molecular weight excluding hydrogens is 343 g/mol. The van der Waals surface area contributed by atoms with Crippen LogP contribution in [0.25, 0.3) is 0 Å². The van der Waals surface area contributed by atoms with E-state index < -0.39 is 11.4 Å². The van der Waals surface area contributed by atoms with Crippen LogP contribution in [0.15, 0.2) is 23.1 Å². The molecule has 25 heavy (non-hydrogen) atoms. The third-order valence-corrected chi connectivity index (χ3v) is 7.07. The number of carboxylic acid groups (broad SMARTS) is 1. The molecule has 1 aromatic carbocycles. The van der Waals surface area contributed by atoms with Gasteiger partial charge in [-0.2, -0.15) is 0 Å². The van der Waals surface area contributed by atoms with Gasteiger partial charge in [0.2, 0.25) is 0 Å². The Morgan fingerprint density at radius 1 is 1.36 bits per heavy atom. The number of halogens is 1. The Hall–Kier alpha value is -1.76. The average Bonchev–Trinajstić information content (AvgIpc) is 3.14. The molecule has 0 aromatic heterocycles. The minimum absolute atomic E-state index is 0.0439. The Labute approximate surface area is 150 Å². The molecule has 2 heterocycles. The zero-order chi connectivity index (χ0) is 17.6. The summed E-state index contributed by atoms with van der Waals surface area (Å²) < 4.78 is 14.0.